The lowest BCUT2D eigenvalue weighted by molar-refractivity contribution is -0.0201. The molecule has 0 aliphatic carbocycles. The van der Waals surface area contributed by atoms with E-state index < -0.39 is 12.0 Å². The average Bonchev–Trinajstić information content (AvgIpc) is 3.56. The van der Waals surface area contributed by atoms with E-state index in [1.54, 1.807) is 38.2 Å². The summed E-state index contributed by atoms with van der Waals surface area (Å²) < 4.78 is 16.6. The van der Waals surface area contributed by atoms with Crippen LogP contribution in [0.3, 0.4) is 0 Å². The standard InChI is InChI=1S/C22H22N6O5/c1-13(21-25-7-9-31-21)33-28-20(29)17-19(24-2)26-18(15-5-3-4-14(10-15)11-23)27-22(17)32-16-6-8-30-12-16/h3-5,7,9-10,13,16H,6,8,12H2,1-2H3,(H,28,29)(H,24,26,27)/t13?,16-/m0/s1. The molecule has 1 amide bonds. The Morgan fingerprint density at radius 3 is 2.94 bits per heavy atom. The number of aromatic nitrogens is 3. The Labute approximate surface area is 189 Å². The van der Waals surface area contributed by atoms with Crippen molar-refractivity contribution < 1.29 is 23.5 Å². The molecule has 0 bridgehead atoms. The predicted octanol–water partition coefficient (Wildman–Crippen LogP) is 2.64. The number of anilines is 1. The van der Waals surface area contributed by atoms with Gasteiger partial charge in [0.2, 0.25) is 11.8 Å². The zero-order chi connectivity index (χ0) is 23.2. The van der Waals surface area contributed by atoms with Gasteiger partial charge in [0, 0.05) is 19.0 Å². The number of hydrogen-bond acceptors (Lipinski definition) is 10. The van der Waals surface area contributed by atoms with Crippen molar-refractivity contribution in [1.82, 2.24) is 20.4 Å². The Kier molecular flexibility index (Phi) is 6.77. The van der Waals surface area contributed by atoms with Crippen molar-refractivity contribution in [3.8, 4) is 23.3 Å². The molecular weight excluding hydrogens is 428 g/mol. The molecule has 33 heavy (non-hydrogen) atoms. The van der Waals surface area contributed by atoms with Crippen molar-refractivity contribution in [2.24, 2.45) is 0 Å². The summed E-state index contributed by atoms with van der Waals surface area (Å²) in [5.74, 6) is 0.320. The normalized spacial score (nSPS) is 16.1. The Bertz CT molecular complexity index is 1150. The van der Waals surface area contributed by atoms with E-state index in [2.05, 4.69) is 31.8 Å². The van der Waals surface area contributed by atoms with Crippen LogP contribution in [0, 0.1) is 11.3 Å². The maximum absolute atomic E-state index is 13.1. The van der Waals surface area contributed by atoms with Crippen LogP contribution >= 0.6 is 0 Å². The summed E-state index contributed by atoms with van der Waals surface area (Å²) >= 11 is 0. The SMILES string of the molecule is CNc1nc(-c2cccc(C#N)c2)nc(O[C@H]2CCOC2)c1C(=O)NOC(C)c1ncco1. The highest BCUT2D eigenvalue weighted by Gasteiger charge is 2.27. The largest absolute Gasteiger partial charge is 0.471 e. The Hall–Kier alpha value is -4.01. The highest BCUT2D eigenvalue weighted by Crippen LogP contribution is 2.30. The second kappa shape index (κ2) is 10.1. The Balaban J connectivity index is 1.67. The number of hydrogen-bond donors (Lipinski definition) is 2. The molecule has 0 saturated carbocycles. The molecule has 1 aromatic carbocycles. The van der Waals surface area contributed by atoms with E-state index in [4.69, 9.17) is 18.7 Å². The summed E-state index contributed by atoms with van der Waals surface area (Å²) in [7, 11) is 1.63. The summed E-state index contributed by atoms with van der Waals surface area (Å²) in [6.07, 6.45) is 2.68. The summed E-state index contributed by atoms with van der Waals surface area (Å²) in [6, 6.07) is 8.96. The first-order valence-corrected chi connectivity index (χ1v) is 10.3. The lowest BCUT2D eigenvalue weighted by Crippen LogP contribution is -2.28. The fourth-order valence-corrected chi connectivity index (χ4v) is 3.21. The third-order valence-electron chi connectivity index (χ3n) is 4.88. The molecule has 3 heterocycles. The van der Waals surface area contributed by atoms with Crippen molar-refractivity contribution >= 4 is 11.7 Å². The van der Waals surface area contributed by atoms with E-state index >= 15 is 0 Å². The van der Waals surface area contributed by atoms with Crippen molar-refractivity contribution in [3.05, 3.63) is 53.7 Å². The van der Waals surface area contributed by atoms with E-state index in [0.717, 1.165) is 0 Å². The van der Waals surface area contributed by atoms with Gasteiger partial charge in [0.1, 0.15) is 23.7 Å². The Morgan fingerprint density at radius 2 is 2.24 bits per heavy atom. The molecule has 1 aliphatic rings. The number of ether oxygens (including phenoxy) is 2. The van der Waals surface area contributed by atoms with E-state index in [1.807, 2.05) is 0 Å². The number of nitriles is 1. The lowest BCUT2D eigenvalue weighted by atomic mass is 10.1. The van der Waals surface area contributed by atoms with Crippen LogP contribution in [0.1, 0.15) is 41.3 Å². The van der Waals surface area contributed by atoms with Crippen LogP contribution in [0.2, 0.25) is 0 Å². The minimum Gasteiger partial charge on any atom is -0.471 e. The topological polar surface area (TPSA) is 144 Å². The summed E-state index contributed by atoms with van der Waals surface area (Å²) in [5.41, 5.74) is 3.54. The fourth-order valence-electron chi connectivity index (χ4n) is 3.21. The number of rotatable bonds is 8. The molecule has 1 aliphatic heterocycles. The smallest absolute Gasteiger partial charge is 0.284 e. The van der Waals surface area contributed by atoms with E-state index in [1.165, 1.54) is 12.5 Å². The third-order valence-corrected chi connectivity index (χ3v) is 4.88. The molecule has 4 rings (SSSR count). The van der Waals surface area contributed by atoms with Crippen LogP contribution in [0.25, 0.3) is 11.4 Å². The summed E-state index contributed by atoms with van der Waals surface area (Å²) in [4.78, 5) is 31.5. The highest BCUT2D eigenvalue weighted by molar-refractivity contribution is 6.00. The van der Waals surface area contributed by atoms with E-state index in [9.17, 15) is 10.1 Å². The first-order chi connectivity index (χ1) is 16.1. The second-order valence-corrected chi connectivity index (χ2v) is 7.18. The second-order valence-electron chi connectivity index (χ2n) is 7.18. The van der Waals surface area contributed by atoms with Crippen LogP contribution in [0.15, 0.2) is 41.1 Å². The molecular formula is C22H22N6O5. The maximum Gasteiger partial charge on any atom is 0.284 e. The van der Waals surface area contributed by atoms with Gasteiger partial charge < -0.3 is 19.2 Å². The van der Waals surface area contributed by atoms with Gasteiger partial charge in [-0.1, -0.05) is 12.1 Å². The van der Waals surface area contributed by atoms with Crippen LogP contribution in [0.4, 0.5) is 5.82 Å². The molecule has 2 N–H and O–H groups in total. The summed E-state index contributed by atoms with van der Waals surface area (Å²) in [5, 5.41) is 12.1. The van der Waals surface area contributed by atoms with Gasteiger partial charge in [-0.25, -0.2) is 15.4 Å². The first kappa shape index (κ1) is 22.2. The highest BCUT2D eigenvalue weighted by atomic mass is 16.7. The molecule has 1 fully saturated rings. The minimum atomic E-state index is -0.622. The van der Waals surface area contributed by atoms with Crippen LogP contribution in [-0.4, -0.2) is 47.2 Å². The van der Waals surface area contributed by atoms with E-state index in [0.29, 0.717) is 42.5 Å². The van der Waals surface area contributed by atoms with Crippen molar-refractivity contribution in [3.63, 3.8) is 0 Å². The number of carbonyl (C=O) groups excluding carboxylic acids is 1. The number of nitrogens with zero attached hydrogens (tertiary/aromatic N) is 4. The van der Waals surface area contributed by atoms with Crippen LogP contribution < -0.4 is 15.5 Å². The number of benzene rings is 1. The van der Waals surface area contributed by atoms with Gasteiger partial charge in [0.05, 0.1) is 31.0 Å². The van der Waals surface area contributed by atoms with Crippen LogP contribution in [-0.2, 0) is 9.57 Å². The average molecular weight is 450 g/mol. The molecule has 0 spiro atoms. The zero-order valence-corrected chi connectivity index (χ0v) is 18.1. The van der Waals surface area contributed by atoms with Gasteiger partial charge in [-0.15, -0.1) is 0 Å². The van der Waals surface area contributed by atoms with Crippen molar-refractivity contribution in [2.45, 2.75) is 25.6 Å². The number of amides is 1. The molecule has 2 atom stereocenters. The van der Waals surface area contributed by atoms with Gasteiger partial charge in [0.25, 0.3) is 5.91 Å². The molecule has 1 unspecified atom stereocenters. The molecule has 2 aromatic heterocycles. The number of hydroxylamine groups is 1. The van der Waals surface area contributed by atoms with Gasteiger partial charge in [-0.05, 0) is 19.1 Å². The fraction of sp³-hybridized carbons (Fsp3) is 0.318. The number of oxazole rings is 1. The lowest BCUT2D eigenvalue weighted by Gasteiger charge is -2.18. The molecule has 11 nitrogen and oxygen atoms in total. The minimum absolute atomic E-state index is 0.0733. The molecule has 0 radical (unpaired) electrons. The quantitative estimate of drug-likeness (QED) is 0.491. The number of nitrogens with one attached hydrogen (secondary N) is 2. The van der Waals surface area contributed by atoms with Crippen LogP contribution in [0.5, 0.6) is 5.88 Å². The van der Waals surface area contributed by atoms with Gasteiger partial charge in [-0.2, -0.15) is 10.2 Å². The maximum atomic E-state index is 13.1. The van der Waals surface area contributed by atoms with Crippen molar-refractivity contribution in [1.29, 1.82) is 5.26 Å². The predicted molar refractivity (Wildman–Crippen MR) is 115 cm³/mol. The van der Waals surface area contributed by atoms with E-state index in [-0.39, 0.29) is 23.4 Å². The first-order valence-electron chi connectivity index (χ1n) is 10.3. The van der Waals surface area contributed by atoms with Gasteiger partial charge >= 0.3 is 0 Å². The number of carbonyl (C=O) groups is 1. The molecule has 1 saturated heterocycles. The molecule has 11 heteroatoms. The monoisotopic (exact) mass is 450 g/mol. The molecule has 170 valence electrons. The van der Waals surface area contributed by atoms with Crippen molar-refractivity contribution in [2.75, 3.05) is 25.6 Å². The third kappa shape index (κ3) is 5.08. The Morgan fingerprint density at radius 1 is 1.36 bits per heavy atom. The summed E-state index contributed by atoms with van der Waals surface area (Å²) in [6.45, 7) is 2.63. The zero-order valence-electron chi connectivity index (χ0n) is 18.1. The van der Waals surface area contributed by atoms with Gasteiger partial charge in [0.15, 0.2) is 11.9 Å². The van der Waals surface area contributed by atoms with Gasteiger partial charge in [-0.3, -0.25) is 9.63 Å². The molecule has 3 aromatic rings.